The molecular weight excluding hydrogens is 230 g/mol. The molecule has 2 N–H and O–H groups in total. The molecule has 104 valence electrons. The summed E-state index contributed by atoms with van der Waals surface area (Å²) in [6.45, 7) is 7.80. The molecule has 2 unspecified atom stereocenters. The SMILES string of the molecule is CC(CN)N1CCN(C(=O)C2CCCOC2)CC1. The van der Waals surface area contributed by atoms with Gasteiger partial charge in [-0.15, -0.1) is 0 Å². The molecule has 2 heterocycles. The van der Waals surface area contributed by atoms with Crippen LogP contribution in [0.5, 0.6) is 0 Å². The Balaban J connectivity index is 1.79. The summed E-state index contributed by atoms with van der Waals surface area (Å²) in [5.74, 6) is 0.381. The molecular formula is C13H25N3O2. The third-order valence-electron chi connectivity index (χ3n) is 4.10. The van der Waals surface area contributed by atoms with Crippen LogP contribution >= 0.6 is 0 Å². The number of amides is 1. The van der Waals surface area contributed by atoms with Gasteiger partial charge < -0.3 is 15.4 Å². The molecule has 5 nitrogen and oxygen atoms in total. The highest BCUT2D eigenvalue weighted by Crippen LogP contribution is 2.17. The second kappa shape index (κ2) is 6.50. The topological polar surface area (TPSA) is 58.8 Å². The van der Waals surface area contributed by atoms with E-state index in [0.29, 0.717) is 19.2 Å². The van der Waals surface area contributed by atoms with Gasteiger partial charge in [-0.05, 0) is 19.8 Å². The lowest BCUT2D eigenvalue weighted by atomic mass is 10.0. The molecule has 2 aliphatic heterocycles. The van der Waals surface area contributed by atoms with Crippen molar-refractivity contribution in [2.75, 3.05) is 45.9 Å². The molecule has 0 saturated carbocycles. The second-order valence-corrected chi connectivity index (χ2v) is 5.36. The van der Waals surface area contributed by atoms with Crippen LogP contribution in [0.1, 0.15) is 19.8 Å². The van der Waals surface area contributed by atoms with Crippen LogP contribution in [0.4, 0.5) is 0 Å². The molecule has 2 fully saturated rings. The number of rotatable bonds is 3. The van der Waals surface area contributed by atoms with Gasteiger partial charge in [0.2, 0.25) is 5.91 Å². The van der Waals surface area contributed by atoms with Crippen LogP contribution in [0, 0.1) is 5.92 Å². The molecule has 0 aromatic rings. The maximum atomic E-state index is 12.3. The van der Waals surface area contributed by atoms with Crippen molar-refractivity contribution in [3.63, 3.8) is 0 Å². The molecule has 2 aliphatic rings. The molecule has 2 rings (SSSR count). The van der Waals surface area contributed by atoms with Gasteiger partial charge in [-0.2, -0.15) is 0 Å². The summed E-state index contributed by atoms with van der Waals surface area (Å²) in [4.78, 5) is 16.7. The number of ether oxygens (including phenoxy) is 1. The lowest BCUT2D eigenvalue weighted by Gasteiger charge is -2.39. The fraction of sp³-hybridized carbons (Fsp3) is 0.923. The van der Waals surface area contributed by atoms with Crippen molar-refractivity contribution in [3.05, 3.63) is 0 Å². The van der Waals surface area contributed by atoms with Gasteiger partial charge in [0.05, 0.1) is 12.5 Å². The smallest absolute Gasteiger partial charge is 0.228 e. The van der Waals surface area contributed by atoms with E-state index < -0.39 is 0 Å². The molecule has 0 radical (unpaired) electrons. The molecule has 5 heteroatoms. The molecule has 2 saturated heterocycles. The minimum absolute atomic E-state index is 0.0947. The van der Waals surface area contributed by atoms with Crippen molar-refractivity contribution in [1.82, 2.24) is 9.80 Å². The van der Waals surface area contributed by atoms with Crippen LogP contribution in [0.25, 0.3) is 0 Å². The van der Waals surface area contributed by atoms with E-state index in [1.165, 1.54) is 0 Å². The minimum atomic E-state index is 0.0947. The zero-order valence-electron chi connectivity index (χ0n) is 11.3. The van der Waals surface area contributed by atoms with Gasteiger partial charge in [0.25, 0.3) is 0 Å². The van der Waals surface area contributed by atoms with Crippen molar-refractivity contribution in [2.24, 2.45) is 11.7 Å². The molecule has 1 amide bonds. The van der Waals surface area contributed by atoms with E-state index in [4.69, 9.17) is 10.5 Å². The normalized spacial score (nSPS) is 28.1. The van der Waals surface area contributed by atoms with Gasteiger partial charge >= 0.3 is 0 Å². The fourth-order valence-corrected chi connectivity index (χ4v) is 2.73. The van der Waals surface area contributed by atoms with E-state index in [9.17, 15) is 4.79 Å². The highest BCUT2D eigenvalue weighted by atomic mass is 16.5. The summed E-state index contributed by atoms with van der Waals surface area (Å²) in [7, 11) is 0. The largest absolute Gasteiger partial charge is 0.381 e. The van der Waals surface area contributed by atoms with E-state index in [-0.39, 0.29) is 11.8 Å². The predicted molar refractivity (Wildman–Crippen MR) is 70.2 cm³/mol. The van der Waals surface area contributed by atoms with E-state index >= 15 is 0 Å². The fourth-order valence-electron chi connectivity index (χ4n) is 2.73. The maximum absolute atomic E-state index is 12.3. The summed E-state index contributed by atoms with van der Waals surface area (Å²) in [6.07, 6.45) is 2.00. The third-order valence-corrected chi connectivity index (χ3v) is 4.10. The Hall–Kier alpha value is -0.650. The number of piperazine rings is 1. The minimum Gasteiger partial charge on any atom is -0.381 e. The molecule has 0 aromatic heterocycles. The average molecular weight is 255 g/mol. The van der Waals surface area contributed by atoms with E-state index in [1.54, 1.807) is 0 Å². The number of carbonyl (C=O) groups is 1. The van der Waals surface area contributed by atoms with E-state index in [2.05, 4.69) is 11.8 Å². The number of hydrogen-bond acceptors (Lipinski definition) is 4. The summed E-state index contributed by atoms with van der Waals surface area (Å²) in [5.41, 5.74) is 5.68. The number of carbonyl (C=O) groups excluding carboxylic acids is 1. The monoisotopic (exact) mass is 255 g/mol. The zero-order valence-corrected chi connectivity index (χ0v) is 11.3. The van der Waals surface area contributed by atoms with Crippen molar-refractivity contribution < 1.29 is 9.53 Å². The number of hydrogen-bond donors (Lipinski definition) is 1. The molecule has 0 bridgehead atoms. The Labute approximate surface area is 109 Å². The van der Waals surface area contributed by atoms with Crippen LogP contribution in [0.2, 0.25) is 0 Å². The Morgan fingerprint density at radius 2 is 2.11 bits per heavy atom. The van der Waals surface area contributed by atoms with Gasteiger partial charge in [-0.3, -0.25) is 9.69 Å². The highest BCUT2D eigenvalue weighted by Gasteiger charge is 2.29. The summed E-state index contributed by atoms with van der Waals surface area (Å²) < 4.78 is 5.40. The van der Waals surface area contributed by atoms with E-state index in [1.807, 2.05) is 4.90 Å². The van der Waals surface area contributed by atoms with Gasteiger partial charge in [-0.25, -0.2) is 0 Å². The molecule has 0 aromatic carbocycles. The zero-order chi connectivity index (χ0) is 13.0. The quantitative estimate of drug-likeness (QED) is 0.765. The van der Waals surface area contributed by atoms with Crippen LogP contribution in [0.3, 0.4) is 0 Å². The van der Waals surface area contributed by atoms with Gasteiger partial charge in [0, 0.05) is 45.4 Å². The van der Waals surface area contributed by atoms with Crippen LogP contribution in [0.15, 0.2) is 0 Å². The summed E-state index contributed by atoms with van der Waals surface area (Å²) in [5, 5.41) is 0. The van der Waals surface area contributed by atoms with Crippen LogP contribution in [-0.4, -0.2) is 67.7 Å². The predicted octanol–water partition coefficient (Wildman–Crippen LogP) is -0.0956. The molecule has 0 aliphatic carbocycles. The molecule has 0 spiro atoms. The first-order chi connectivity index (χ1) is 8.72. The Morgan fingerprint density at radius 3 is 2.67 bits per heavy atom. The number of nitrogens with two attached hydrogens (primary N) is 1. The third kappa shape index (κ3) is 3.22. The van der Waals surface area contributed by atoms with Gasteiger partial charge in [-0.1, -0.05) is 0 Å². The Bertz CT molecular complexity index is 271. The highest BCUT2D eigenvalue weighted by molar-refractivity contribution is 5.79. The maximum Gasteiger partial charge on any atom is 0.228 e. The standard InChI is InChI=1S/C13H25N3O2/c1-11(9-14)15-4-6-16(7-5-15)13(17)12-3-2-8-18-10-12/h11-12H,2-10,14H2,1H3. The Kier molecular flexibility index (Phi) is 4.97. The van der Waals surface area contributed by atoms with Crippen LogP contribution < -0.4 is 5.73 Å². The Morgan fingerprint density at radius 1 is 1.39 bits per heavy atom. The van der Waals surface area contributed by atoms with E-state index in [0.717, 1.165) is 45.6 Å². The first-order valence-electron chi connectivity index (χ1n) is 7.03. The lowest BCUT2D eigenvalue weighted by Crippen LogP contribution is -2.54. The average Bonchev–Trinajstić information content (AvgIpc) is 2.47. The van der Waals surface area contributed by atoms with Crippen molar-refractivity contribution in [3.8, 4) is 0 Å². The lowest BCUT2D eigenvalue weighted by molar-refractivity contribution is -0.141. The van der Waals surface area contributed by atoms with Crippen LogP contribution in [-0.2, 0) is 9.53 Å². The number of nitrogens with zero attached hydrogens (tertiary/aromatic N) is 2. The second-order valence-electron chi connectivity index (χ2n) is 5.36. The van der Waals surface area contributed by atoms with Crippen molar-refractivity contribution >= 4 is 5.91 Å². The molecule has 2 atom stereocenters. The molecule has 18 heavy (non-hydrogen) atoms. The summed E-state index contributed by atoms with van der Waals surface area (Å²) >= 11 is 0. The first-order valence-corrected chi connectivity index (χ1v) is 7.03. The van der Waals surface area contributed by atoms with Crippen molar-refractivity contribution in [1.29, 1.82) is 0 Å². The first kappa shape index (κ1) is 13.8. The summed E-state index contributed by atoms with van der Waals surface area (Å²) in [6, 6.07) is 0.417. The van der Waals surface area contributed by atoms with Gasteiger partial charge in [0.15, 0.2) is 0 Å². The van der Waals surface area contributed by atoms with Crippen molar-refractivity contribution in [2.45, 2.75) is 25.8 Å². The van der Waals surface area contributed by atoms with Gasteiger partial charge in [0.1, 0.15) is 0 Å².